The smallest absolute Gasteiger partial charge is 0.245 e. The Balaban J connectivity index is 1.81. The molecule has 7 amide bonds. The summed E-state index contributed by atoms with van der Waals surface area (Å²) in [6.45, 7) is 8.62. The maximum atomic E-state index is 14.0. The molecule has 0 aliphatic heterocycles. The Kier molecular flexibility index (Phi) is 16.5. The molecule has 0 unspecified atom stereocenters. The van der Waals surface area contributed by atoms with Crippen molar-refractivity contribution in [1.82, 2.24) is 31.9 Å². The topological polar surface area (TPSA) is 284 Å². The second-order valence-corrected chi connectivity index (χ2v) is 15.7. The zero-order chi connectivity index (χ0) is 44.1. The van der Waals surface area contributed by atoms with Crippen LogP contribution < -0.4 is 43.4 Å². The van der Waals surface area contributed by atoms with Crippen LogP contribution in [-0.2, 0) is 52.8 Å². The van der Waals surface area contributed by atoms with Crippen LogP contribution in [0.3, 0.4) is 0 Å². The van der Waals surface area contributed by atoms with Gasteiger partial charge in [0, 0.05) is 12.8 Å². The van der Waals surface area contributed by atoms with Crippen molar-refractivity contribution in [1.29, 1.82) is 0 Å². The SMILES string of the molecule is CC(C)[C@H](NC(=O)[C@H](Cc1ccc(O)cc1)NC(=O)C(C)(C)NC(=O)[C@H](Cc1ccccc1)NC(=O)C(C)(C)NC(=O)[C@@H](N)Cc1ccc(O)cc1)C(=O)NCC(N)=O. The summed E-state index contributed by atoms with van der Waals surface area (Å²) in [4.78, 5) is 92.7. The molecule has 0 radical (unpaired) electrons. The summed E-state index contributed by atoms with van der Waals surface area (Å²) in [6.07, 6.45) is 0.0462. The van der Waals surface area contributed by atoms with Crippen LogP contribution in [0.25, 0.3) is 0 Å². The average Bonchev–Trinajstić information content (AvgIpc) is 3.16. The zero-order valence-electron chi connectivity index (χ0n) is 34.1. The Labute approximate surface area is 343 Å². The molecule has 3 aromatic carbocycles. The number of nitrogens with two attached hydrogens (primary N) is 2. The molecule has 0 spiro atoms. The molecule has 0 fully saturated rings. The van der Waals surface area contributed by atoms with Crippen molar-refractivity contribution in [3.05, 3.63) is 95.6 Å². The van der Waals surface area contributed by atoms with Gasteiger partial charge >= 0.3 is 0 Å². The number of rotatable bonds is 20. The molecule has 12 N–H and O–H groups in total. The van der Waals surface area contributed by atoms with Crippen LogP contribution >= 0.6 is 0 Å². The monoisotopic (exact) mass is 816 g/mol. The summed E-state index contributed by atoms with van der Waals surface area (Å²) in [5, 5.41) is 35.1. The third-order valence-corrected chi connectivity index (χ3v) is 9.32. The van der Waals surface area contributed by atoms with Crippen LogP contribution in [-0.4, -0.2) is 93.4 Å². The highest BCUT2D eigenvalue weighted by Gasteiger charge is 2.38. The number of hydrogen-bond acceptors (Lipinski definition) is 10. The quantitative estimate of drug-likeness (QED) is 0.0726. The van der Waals surface area contributed by atoms with Gasteiger partial charge in [0.15, 0.2) is 0 Å². The molecular formula is C42H56N8O9. The van der Waals surface area contributed by atoms with E-state index in [-0.39, 0.29) is 30.8 Å². The Morgan fingerprint density at radius 3 is 1.46 bits per heavy atom. The Bertz CT molecular complexity index is 1950. The van der Waals surface area contributed by atoms with Crippen molar-refractivity contribution in [2.75, 3.05) is 6.54 Å². The fourth-order valence-electron chi connectivity index (χ4n) is 5.77. The highest BCUT2D eigenvalue weighted by atomic mass is 16.3. The number of carbonyl (C=O) groups is 7. The second kappa shape index (κ2) is 20.8. The maximum Gasteiger partial charge on any atom is 0.245 e. The highest BCUT2D eigenvalue weighted by molar-refractivity contribution is 5.99. The number of phenolic OH excluding ortho intramolecular Hbond substituents is 2. The average molecular weight is 817 g/mol. The lowest BCUT2D eigenvalue weighted by atomic mass is 9.97. The van der Waals surface area contributed by atoms with E-state index < -0.39 is 89.1 Å². The highest BCUT2D eigenvalue weighted by Crippen LogP contribution is 2.16. The van der Waals surface area contributed by atoms with Crippen molar-refractivity contribution < 1.29 is 43.8 Å². The first-order valence-corrected chi connectivity index (χ1v) is 19.1. The molecule has 0 heterocycles. The fourth-order valence-corrected chi connectivity index (χ4v) is 5.77. The number of primary amides is 1. The van der Waals surface area contributed by atoms with E-state index in [4.69, 9.17) is 11.5 Å². The van der Waals surface area contributed by atoms with Crippen LogP contribution in [0.15, 0.2) is 78.9 Å². The standard InChI is InChI=1S/C42H56N8O9/c1-24(2)34(38(57)45-23-33(44)53)48-36(55)31(22-27-14-18-29(52)19-15-27)46-40(59)42(5,6)50-37(56)32(21-25-10-8-7-9-11-25)47-39(58)41(3,4)49-35(54)30(43)20-26-12-16-28(51)17-13-26/h7-19,24,30-32,34,51-52H,20-23,43H2,1-6H3,(H2,44,53)(H,45,57)(H,46,59)(H,47,58)(H,48,55)(H,49,54)(H,50,56)/t30-,31-,32-,34-/m0/s1. The van der Waals surface area contributed by atoms with E-state index in [1.165, 1.54) is 52.0 Å². The Hall–Kier alpha value is -6.49. The van der Waals surface area contributed by atoms with Gasteiger partial charge < -0.3 is 53.6 Å². The van der Waals surface area contributed by atoms with E-state index in [2.05, 4.69) is 31.9 Å². The Morgan fingerprint density at radius 2 is 1.00 bits per heavy atom. The molecule has 4 atom stereocenters. The fraction of sp³-hybridized carbons (Fsp3) is 0.405. The summed E-state index contributed by atoms with van der Waals surface area (Å²) in [5.41, 5.74) is 9.98. The number of aromatic hydroxyl groups is 2. The lowest BCUT2D eigenvalue weighted by molar-refractivity contribution is -0.138. The number of benzene rings is 3. The predicted molar refractivity (Wildman–Crippen MR) is 219 cm³/mol. The minimum absolute atomic E-state index is 0.000790. The third kappa shape index (κ3) is 14.8. The van der Waals surface area contributed by atoms with E-state index in [1.54, 1.807) is 68.4 Å². The zero-order valence-corrected chi connectivity index (χ0v) is 34.1. The predicted octanol–water partition coefficient (Wildman–Crippen LogP) is -0.0455. The van der Waals surface area contributed by atoms with Crippen molar-refractivity contribution in [3.63, 3.8) is 0 Å². The minimum atomic E-state index is -1.69. The lowest BCUT2D eigenvalue weighted by Gasteiger charge is -2.32. The van der Waals surface area contributed by atoms with Gasteiger partial charge in [-0.1, -0.05) is 68.4 Å². The molecule has 0 aliphatic carbocycles. The number of phenols is 2. The van der Waals surface area contributed by atoms with Gasteiger partial charge in [-0.15, -0.1) is 0 Å². The third-order valence-electron chi connectivity index (χ3n) is 9.32. The van der Waals surface area contributed by atoms with E-state index in [1.807, 2.05) is 0 Å². The van der Waals surface area contributed by atoms with Crippen molar-refractivity contribution in [2.45, 2.75) is 96.1 Å². The van der Waals surface area contributed by atoms with Crippen LogP contribution in [0.1, 0.15) is 58.2 Å². The number of nitrogens with one attached hydrogen (secondary N) is 6. The summed E-state index contributed by atoms with van der Waals surface area (Å²) < 4.78 is 0. The Morgan fingerprint density at radius 1 is 0.576 bits per heavy atom. The molecule has 0 bridgehead atoms. The van der Waals surface area contributed by atoms with Crippen molar-refractivity contribution >= 4 is 41.4 Å². The number of hydrogen-bond donors (Lipinski definition) is 10. The van der Waals surface area contributed by atoms with Crippen LogP contribution in [0.5, 0.6) is 11.5 Å². The van der Waals surface area contributed by atoms with E-state index >= 15 is 0 Å². The van der Waals surface area contributed by atoms with Crippen LogP contribution in [0.2, 0.25) is 0 Å². The number of amides is 7. The maximum absolute atomic E-state index is 14.0. The molecule has 318 valence electrons. The van der Waals surface area contributed by atoms with E-state index in [9.17, 15) is 43.8 Å². The first-order valence-electron chi connectivity index (χ1n) is 19.1. The van der Waals surface area contributed by atoms with Gasteiger partial charge in [-0.2, -0.15) is 0 Å². The van der Waals surface area contributed by atoms with Gasteiger partial charge in [-0.05, 0) is 81.0 Å². The molecule has 0 aromatic heterocycles. The molecule has 0 aliphatic rings. The van der Waals surface area contributed by atoms with Gasteiger partial charge in [0.1, 0.15) is 40.7 Å². The van der Waals surface area contributed by atoms with Crippen molar-refractivity contribution in [2.24, 2.45) is 17.4 Å². The minimum Gasteiger partial charge on any atom is -0.508 e. The molecule has 0 saturated heterocycles. The van der Waals surface area contributed by atoms with Crippen LogP contribution in [0.4, 0.5) is 0 Å². The van der Waals surface area contributed by atoms with Crippen molar-refractivity contribution in [3.8, 4) is 11.5 Å². The summed E-state index contributed by atoms with van der Waals surface area (Å²) in [6, 6.07) is 16.2. The second-order valence-electron chi connectivity index (χ2n) is 15.7. The van der Waals surface area contributed by atoms with Gasteiger partial charge in [0.25, 0.3) is 0 Å². The summed E-state index contributed by atoms with van der Waals surface area (Å²) in [7, 11) is 0. The molecule has 3 rings (SSSR count). The largest absolute Gasteiger partial charge is 0.508 e. The van der Waals surface area contributed by atoms with E-state index in [0.29, 0.717) is 16.7 Å². The number of carbonyl (C=O) groups excluding carboxylic acids is 7. The summed E-state index contributed by atoms with van der Waals surface area (Å²) >= 11 is 0. The van der Waals surface area contributed by atoms with Gasteiger partial charge in [-0.3, -0.25) is 33.6 Å². The van der Waals surface area contributed by atoms with E-state index in [0.717, 1.165) is 0 Å². The molecule has 3 aromatic rings. The normalized spacial score (nSPS) is 13.5. The van der Waals surface area contributed by atoms with Crippen LogP contribution in [0, 0.1) is 5.92 Å². The summed E-state index contributed by atoms with van der Waals surface area (Å²) in [5.74, 6) is -5.48. The van der Waals surface area contributed by atoms with Gasteiger partial charge in [-0.25, -0.2) is 0 Å². The lowest BCUT2D eigenvalue weighted by Crippen LogP contribution is -2.65. The molecular weight excluding hydrogens is 761 g/mol. The molecule has 17 heteroatoms. The first-order chi connectivity index (χ1) is 27.6. The molecule has 59 heavy (non-hydrogen) atoms. The first kappa shape index (κ1) is 46.9. The van der Waals surface area contributed by atoms with Gasteiger partial charge in [0.05, 0.1) is 12.6 Å². The molecule has 0 saturated carbocycles. The molecule has 17 nitrogen and oxygen atoms in total. The van der Waals surface area contributed by atoms with Gasteiger partial charge in [0.2, 0.25) is 41.4 Å².